The van der Waals surface area contributed by atoms with E-state index in [4.69, 9.17) is 0 Å². The molecule has 1 atom stereocenters. The molecule has 2 heterocycles. The number of nitrogens with zero attached hydrogens (tertiary/aromatic N) is 2. The molecule has 0 saturated carbocycles. The number of amides is 2. The van der Waals surface area contributed by atoms with Crippen molar-refractivity contribution in [3.63, 3.8) is 0 Å². The first kappa shape index (κ1) is 13.4. The predicted molar refractivity (Wildman–Crippen MR) is 76.3 cm³/mol. The van der Waals surface area contributed by atoms with Crippen molar-refractivity contribution in [2.24, 2.45) is 0 Å². The second kappa shape index (κ2) is 4.73. The highest BCUT2D eigenvalue weighted by molar-refractivity contribution is 6.05. The molecule has 0 bridgehead atoms. The zero-order chi connectivity index (χ0) is 15.1. The maximum absolute atomic E-state index is 12.6. The molecule has 108 valence electrons. The van der Waals surface area contributed by atoms with E-state index in [-0.39, 0.29) is 23.8 Å². The van der Waals surface area contributed by atoms with Crippen molar-refractivity contribution in [1.29, 1.82) is 0 Å². The topological polar surface area (TPSA) is 75.2 Å². The molecule has 1 fully saturated rings. The van der Waals surface area contributed by atoms with Crippen LogP contribution in [0.1, 0.15) is 23.6 Å². The summed E-state index contributed by atoms with van der Waals surface area (Å²) in [7, 11) is 1.45. The van der Waals surface area contributed by atoms with Gasteiger partial charge in [0.15, 0.2) is 0 Å². The molecule has 1 unspecified atom stereocenters. The zero-order valence-electron chi connectivity index (χ0n) is 11.8. The van der Waals surface area contributed by atoms with Crippen molar-refractivity contribution >= 4 is 11.8 Å². The molecule has 0 radical (unpaired) electrons. The Morgan fingerprint density at radius 3 is 2.38 bits per heavy atom. The quantitative estimate of drug-likeness (QED) is 0.835. The van der Waals surface area contributed by atoms with Gasteiger partial charge in [0.1, 0.15) is 0 Å². The molecule has 21 heavy (non-hydrogen) atoms. The van der Waals surface area contributed by atoms with Crippen LogP contribution in [0.25, 0.3) is 5.69 Å². The van der Waals surface area contributed by atoms with Crippen LogP contribution < -0.4 is 5.56 Å². The molecule has 1 aromatic carbocycles. The number of hydrogen-bond donors (Lipinski definition) is 1. The maximum atomic E-state index is 12.6. The first-order chi connectivity index (χ1) is 10.0. The van der Waals surface area contributed by atoms with Crippen LogP contribution in [0.4, 0.5) is 0 Å². The van der Waals surface area contributed by atoms with Crippen LogP contribution in [0.3, 0.4) is 0 Å². The van der Waals surface area contributed by atoms with Gasteiger partial charge in [-0.3, -0.25) is 24.4 Å². The van der Waals surface area contributed by atoms with Crippen molar-refractivity contribution in [3.8, 4) is 5.69 Å². The average Bonchev–Trinajstić information content (AvgIpc) is 2.91. The molecule has 1 aliphatic heterocycles. The maximum Gasteiger partial charge on any atom is 0.275 e. The normalized spacial score (nSPS) is 18.6. The Balaban J connectivity index is 2.10. The second-order valence-electron chi connectivity index (χ2n) is 5.17. The second-order valence-corrected chi connectivity index (χ2v) is 5.17. The van der Waals surface area contributed by atoms with Crippen molar-refractivity contribution < 1.29 is 9.59 Å². The Hall–Kier alpha value is -2.63. The molecular formula is C15H15N3O3. The van der Waals surface area contributed by atoms with Crippen LogP contribution in [0.5, 0.6) is 0 Å². The van der Waals surface area contributed by atoms with E-state index >= 15 is 0 Å². The minimum atomic E-state index is -0.684. The van der Waals surface area contributed by atoms with Crippen LogP contribution in [0, 0.1) is 6.92 Å². The highest BCUT2D eigenvalue weighted by Gasteiger charge is 2.40. The highest BCUT2D eigenvalue weighted by Crippen LogP contribution is 2.28. The van der Waals surface area contributed by atoms with Gasteiger partial charge in [-0.25, -0.2) is 4.68 Å². The number of carbonyl (C=O) groups is 2. The predicted octanol–water partition coefficient (Wildman–Crippen LogP) is 0.946. The lowest BCUT2D eigenvalue weighted by molar-refractivity contribution is -0.137. The van der Waals surface area contributed by atoms with Crippen LogP contribution in [-0.2, 0) is 9.59 Å². The first-order valence-corrected chi connectivity index (χ1v) is 6.68. The van der Waals surface area contributed by atoms with Gasteiger partial charge in [-0.05, 0) is 19.1 Å². The number of aromatic amines is 1. The monoisotopic (exact) mass is 285 g/mol. The molecule has 2 amide bonds. The Bertz CT molecular complexity index is 773. The van der Waals surface area contributed by atoms with Gasteiger partial charge < -0.3 is 0 Å². The minimum absolute atomic E-state index is 0.0536. The van der Waals surface area contributed by atoms with Gasteiger partial charge in [-0.15, -0.1) is 0 Å². The number of benzene rings is 1. The number of nitrogens with one attached hydrogen (secondary N) is 1. The summed E-state index contributed by atoms with van der Waals surface area (Å²) in [6.45, 7) is 1.74. The molecule has 3 rings (SSSR count). The molecule has 0 aliphatic carbocycles. The van der Waals surface area contributed by atoms with E-state index in [2.05, 4.69) is 5.10 Å². The fourth-order valence-electron chi connectivity index (χ4n) is 2.71. The molecule has 1 aliphatic rings. The molecule has 6 heteroatoms. The van der Waals surface area contributed by atoms with Crippen molar-refractivity contribution in [2.45, 2.75) is 19.3 Å². The largest absolute Gasteiger partial charge is 0.295 e. The number of rotatable bonds is 2. The summed E-state index contributed by atoms with van der Waals surface area (Å²) in [5, 5.41) is 2.98. The zero-order valence-corrected chi connectivity index (χ0v) is 11.8. The third-order valence-corrected chi connectivity index (χ3v) is 3.86. The molecule has 1 aromatic heterocycles. The Kier molecular flexibility index (Phi) is 3.01. The highest BCUT2D eigenvalue weighted by atomic mass is 16.2. The summed E-state index contributed by atoms with van der Waals surface area (Å²) < 4.78 is 1.40. The van der Waals surface area contributed by atoms with E-state index in [0.717, 1.165) is 4.90 Å². The van der Waals surface area contributed by atoms with Gasteiger partial charge in [-0.2, -0.15) is 0 Å². The van der Waals surface area contributed by atoms with Crippen LogP contribution in [-0.4, -0.2) is 33.5 Å². The summed E-state index contributed by atoms with van der Waals surface area (Å²) in [4.78, 5) is 37.4. The van der Waals surface area contributed by atoms with E-state index in [1.807, 2.05) is 18.2 Å². The summed E-state index contributed by atoms with van der Waals surface area (Å²) in [6.07, 6.45) is 0.0536. The van der Waals surface area contributed by atoms with Gasteiger partial charge >= 0.3 is 0 Å². The lowest BCUT2D eigenvalue weighted by Crippen LogP contribution is -2.27. The summed E-state index contributed by atoms with van der Waals surface area (Å²) >= 11 is 0. The van der Waals surface area contributed by atoms with E-state index in [0.29, 0.717) is 16.9 Å². The number of aromatic nitrogens is 2. The smallest absolute Gasteiger partial charge is 0.275 e. The van der Waals surface area contributed by atoms with Crippen molar-refractivity contribution in [2.75, 3.05) is 7.05 Å². The van der Waals surface area contributed by atoms with Crippen molar-refractivity contribution in [1.82, 2.24) is 14.7 Å². The van der Waals surface area contributed by atoms with Gasteiger partial charge in [0, 0.05) is 19.2 Å². The average molecular weight is 285 g/mol. The van der Waals surface area contributed by atoms with E-state index in [1.54, 1.807) is 19.1 Å². The number of imide groups is 1. The number of carbonyl (C=O) groups excluding carboxylic acids is 2. The fourth-order valence-corrected chi connectivity index (χ4v) is 2.71. The Morgan fingerprint density at radius 1 is 1.14 bits per heavy atom. The molecule has 2 aromatic rings. The summed E-state index contributed by atoms with van der Waals surface area (Å²) in [5.74, 6) is -1.26. The minimum Gasteiger partial charge on any atom is -0.295 e. The van der Waals surface area contributed by atoms with Crippen LogP contribution >= 0.6 is 0 Å². The molecule has 6 nitrogen and oxygen atoms in total. The van der Waals surface area contributed by atoms with E-state index in [9.17, 15) is 14.4 Å². The number of aryl methyl sites for hydroxylation is 1. The Morgan fingerprint density at radius 2 is 1.81 bits per heavy atom. The van der Waals surface area contributed by atoms with Gasteiger partial charge in [0.25, 0.3) is 5.56 Å². The SMILES string of the molecule is Cc1[nH]n(-c2ccccc2)c(=O)c1C1CC(=O)N(C)C1=O. The van der Waals surface area contributed by atoms with Crippen LogP contribution in [0.2, 0.25) is 0 Å². The summed E-state index contributed by atoms with van der Waals surface area (Å²) in [6, 6.07) is 9.12. The van der Waals surface area contributed by atoms with Crippen molar-refractivity contribution in [3.05, 3.63) is 51.9 Å². The van der Waals surface area contributed by atoms with Gasteiger partial charge in [0.05, 0.1) is 17.2 Å². The van der Waals surface area contributed by atoms with E-state index < -0.39 is 5.92 Å². The first-order valence-electron chi connectivity index (χ1n) is 6.68. The van der Waals surface area contributed by atoms with Gasteiger partial charge in [0.2, 0.25) is 11.8 Å². The number of likely N-dealkylation sites (N-methyl/N-ethyl adjacent to an activating group) is 1. The molecule has 1 saturated heterocycles. The van der Waals surface area contributed by atoms with E-state index in [1.165, 1.54) is 11.7 Å². The van der Waals surface area contributed by atoms with Crippen LogP contribution in [0.15, 0.2) is 35.1 Å². The molecule has 0 spiro atoms. The Labute approximate surface area is 121 Å². The number of hydrogen-bond acceptors (Lipinski definition) is 3. The third kappa shape index (κ3) is 1.99. The fraction of sp³-hybridized carbons (Fsp3) is 0.267. The lowest BCUT2D eigenvalue weighted by Gasteiger charge is -2.06. The number of H-pyrrole nitrogens is 1. The number of para-hydroxylation sites is 1. The third-order valence-electron chi connectivity index (χ3n) is 3.86. The van der Waals surface area contributed by atoms with Gasteiger partial charge in [-0.1, -0.05) is 18.2 Å². The summed E-state index contributed by atoms with van der Waals surface area (Å²) in [5.41, 5.74) is 1.41. The standard InChI is InChI=1S/C15H15N3O3/c1-9-13(11-8-12(19)17(2)14(11)20)15(21)18(16-9)10-6-4-3-5-7-10/h3-7,11,16H,8H2,1-2H3. The molecule has 1 N–H and O–H groups in total. The molecular weight excluding hydrogens is 270 g/mol. The number of likely N-dealkylation sites (tertiary alicyclic amines) is 1. The lowest BCUT2D eigenvalue weighted by atomic mass is 9.98.